The molecule has 136 valence electrons. The molecule has 3 rings (SSSR count). The standard InChI is InChI=1S/C23H34N2/c1-22(2,3)19-13-11-18(12-14-19)21(24-15-7-8-16-24)20-10-9-17-25(20)23(4,5)6/h9-14,17,21H,7-8,15-16H2,1-6H3. The predicted molar refractivity (Wildman–Crippen MR) is 107 cm³/mol. The summed E-state index contributed by atoms with van der Waals surface area (Å²) in [5, 5.41) is 0. The van der Waals surface area contributed by atoms with E-state index in [1.54, 1.807) is 0 Å². The van der Waals surface area contributed by atoms with Crippen molar-refractivity contribution >= 4 is 0 Å². The van der Waals surface area contributed by atoms with Gasteiger partial charge < -0.3 is 4.57 Å². The van der Waals surface area contributed by atoms with Crippen LogP contribution in [0.3, 0.4) is 0 Å². The Morgan fingerprint density at radius 1 is 0.840 bits per heavy atom. The van der Waals surface area contributed by atoms with Gasteiger partial charge in [-0.2, -0.15) is 0 Å². The van der Waals surface area contributed by atoms with E-state index in [4.69, 9.17) is 0 Å². The molecule has 1 aliphatic rings. The SMILES string of the molecule is CC(C)(C)c1ccc(C(c2cccn2C(C)(C)C)N2CCCC2)cc1. The lowest BCUT2D eigenvalue weighted by atomic mass is 9.86. The molecule has 0 spiro atoms. The average molecular weight is 339 g/mol. The van der Waals surface area contributed by atoms with E-state index >= 15 is 0 Å². The Hall–Kier alpha value is -1.54. The van der Waals surface area contributed by atoms with Crippen molar-refractivity contribution in [3.63, 3.8) is 0 Å². The van der Waals surface area contributed by atoms with Crippen LogP contribution < -0.4 is 0 Å². The van der Waals surface area contributed by atoms with Crippen LogP contribution in [0, 0.1) is 0 Å². The first-order valence-electron chi connectivity index (χ1n) is 9.70. The van der Waals surface area contributed by atoms with Crippen molar-refractivity contribution in [2.75, 3.05) is 13.1 Å². The van der Waals surface area contributed by atoms with E-state index in [1.807, 2.05) is 0 Å². The van der Waals surface area contributed by atoms with Crippen LogP contribution in [0.4, 0.5) is 0 Å². The van der Waals surface area contributed by atoms with E-state index in [0.717, 1.165) is 0 Å². The molecular formula is C23H34N2. The lowest BCUT2D eigenvalue weighted by molar-refractivity contribution is 0.257. The number of hydrogen-bond donors (Lipinski definition) is 0. The highest BCUT2D eigenvalue weighted by molar-refractivity contribution is 5.34. The molecule has 1 aromatic heterocycles. The molecule has 2 aromatic rings. The zero-order valence-electron chi connectivity index (χ0n) is 16.8. The van der Waals surface area contributed by atoms with Gasteiger partial charge in [0.2, 0.25) is 0 Å². The first-order valence-corrected chi connectivity index (χ1v) is 9.70. The fourth-order valence-corrected chi connectivity index (χ4v) is 3.96. The normalized spacial score (nSPS) is 17.8. The van der Waals surface area contributed by atoms with Crippen LogP contribution in [0.5, 0.6) is 0 Å². The summed E-state index contributed by atoms with van der Waals surface area (Å²) < 4.78 is 2.45. The maximum atomic E-state index is 2.66. The second kappa shape index (κ2) is 6.64. The van der Waals surface area contributed by atoms with Gasteiger partial charge in [-0.1, -0.05) is 45.0 Å². The topological polar surface area (TPSA) is 8.17 Å². The summed E-state index contributed by atoms with van der Waals surface area (Å²) in [6.07, 6.45) is 4.86. The molecule has 2 heteroatoms. The molecular weight excluding hydrogens is 304 g/mol. The average Bonchev–Trinajstić information content (AvgIpc) is 3.18. The summed E-state index contributed by atoms with van der Waals surface area (Å²) in [6.45, 7) is 16.1. The van der Waals surface area contributed by atoms with E-state index in [9.17, 15) is 0 Å². The summed E-state index contributed by atoms with van der Waals surface area (Å²) in [4.78, 5) is 2.66. The van der Waals surface area contributed by atoms with Gasteiger partial charge in [0.25, 0.3) is 0 Å². The molecule has 2 heterocycles. The number of benzene rings is 1. The Morgan fingerprint density at radius 2 is 1.44 bits per heavy atom. The van der Waals surface area contributed by atoms with Crippen LogP contribution >= 0.6 is 0 Å². The van der Waals surface area contributed by atoms with Crippen LogP contribution in [0.25, 0.3) is 0 Å². The number of rotatable bonds is 3. The molecule has 1 aromatic carbocycles. The Kier molecular flexibility index (Phi) is 4.85. The highest BCUT2D eigenvalue weighted by Gasteiger charge is 2.29. The molecule has 0 bridgehead atoms. The van der Waals surface area contributed by atoms with E-state index in [2.05, 4.69) is 93.6 Å². The van der Waals surface area contributed by atoms with E-state index in [0.29, 0.717) is 6.04 Å². The first-order chi connectivity index (χ1) is 11.7. The third-order valence-corrected chi connectivity index (χ3v) is 5.38. The fourth-order valence-electron chi connectivity index (χ4n) is 3.96. The minimum Gasteiger partial charge on any atom is -0.344 e. The van der Waals surface area contributed by atoms with Gasteiger partial charge in [-0.05, 0) is 75.4 Å². The molecule has 25 heavy (non-hydrogen) atoms. The smallest absolute Gasteiger partial charge is 0.0756 e. The van der Waals surface area contributed by atoms with Crippen molar-refractivity contribution in [2.45, 2.75) is 71.4 Å². The summed E-state index contributed by atoms with van der Waals surface area (Å²) in [7, 11) is 0. The molecule has 1 unspecified atom stereocenters. The van der Waals surface area contributed by atoms with E-state index < -0.39 is 0 Å². The quantitative estimate of drug-likeness (QED) is 0.694. The Morgan fingerprint density at radius 3 is 1.96 bits per heavy atom. The number of hydrogen-bond acceptors (Lipinski definition) is 1. The van der Waals surface area contributed by atoms with Crippen molar-refractivity contribution in [1.29, 1.82) is 0 Å². The van der Waals surface area contributed by atoms with Crippen LogP contribution in [-0.2, 0) is 11.0 Å². The van der Waals surface area contributed by atoms with Crippen molar-refractivity contribution in [1.82, 2.24) is 9.47 Å². The lowest BCUT2D eigenvalue weighted by Gasteiger charge is -2.33. The van der Waals surface area contributed by atoms with Crippen LogP contribution in [0.2, 0.25) is 0 Å². The van der Waals surface area contributed by atoms with Gasteiger partial charge in [0.15, 0.2) is 0 Å². The molecule has 0 N–H and O–H groups in total. The van der Waals surface area contributed by atoms with Crippen LogP contribution in [0.15, 0.2) is 42.6 Å². The molecule has 0 amide bonds. The van der Waals surface area contributed by atoms with Gasteiger partial charge in [-0.3, -0.25) is 4.90 Å². The summed E-state index contributed by atoms with van der Waals surface area (Å²) in [5.41, 5.74) is 4.54. The molecule has 1 saturated heterocycles. The van der Waals surface area contributed by atoms with Crippen LogP contribution in [0.1, 0.15) is 77.2 Å². The molecule has 1 aliphatic heterocycles. The van der Waals surface area contributed by atoms with Gasteiger partial charge in [0.05, 0.1) is 6.04 Å². The third kappa shape index (κ3) is 3.84. The molecule has 1 fully saturated rings. The number of likely N-dealkylation sites (tertiary alicyclic amines) is 1. The maximum Gasteiger partial charge on any atom is 0.0756 e. The zero-order valence-corrected chi connectivity index (χ0v) is 16.8. The molecule has 1 atom stereocenters. The summed E-state index contributed by atoms with van der Waals surface area (Å²) >= 11 is 0. The Bertz CT molecular complexity index is 689. The lowest BCUT2D eigenvalue weighted by Crippen LogP contribution is -2.32. The van der Waals surface area contributed by atoms with E-state index in [1.165, 1.54) is 42.8 Å². The second-order valence-corrected chi connectivity index (χ2v) is 9.49. The number of aromatic nitrogens is 1. The van der Waals surface area contributed by atoms with Gasteiger partial charge in [0, 0.05) is 17.4 Å². The minimum absolute atomic E-state index is 0.0994. The molecule has 0 aliphatic carbocycles. The summed E-state index contributed by atoms with van der Waals surface area (Å²) in [6, 6.07) is 14.2. The molecule has 0 radical (unpaired) electrons. The Balaban J connectivity index is 2.03. The highest BCUT2D eigenvalue weighted by Crippen LogP contribution is 2.35. The van der Waals surface area contributed by atoms with Gasteiger partial charge in [0.1, 0.15) is 0 Å². The second-order valence-electron chi connectivity index (χ2n) is 9.49. The molecule has 0 saturated carbocycles. The highest BCUT2D eigenvalue weighted by atomic mass is 15.2. The zero-order chi connectivity index (χ0) is 18.2. The van der Waals surface area contributed by atoms with Gasteiger partial charge in [-0.25, -0.2) is 0 Å². The van der Waals surface area contributed by atoms with Crippen LogP contribution in [-0.4, -0.2) is 22.6 Å². The Labute approximate surface area is 153 Å². The van der Waals surface area contributed by atoms with Crippen molar-refractivity contribution in [2.24, 2.45) is 0 Å². The number of nitrogens with zero attached hydrogens (tertiary/aromatic N) is 2. The summed E-state index contributed by atoms with van der Waals surface area (Å²) in [5.74, 6) is 0. The van der Waals surface area contributed by atoms with Crippen molar-refractivity contribution < 1.29 is 0 Å². The fraction of sp³-hybridized carbons (Fsp3) is 0.565. The van der Waals surface area contributed by atoms with Crippen molar-refractivity contribution in [3.8, 4) is 0 Å². The van der Waals surface area contributed by atoms with Gasteiger partial charge in [-0.15, -0.1) is 0 Å². The van der Waals surface area contributed by atoms with Crippen molar-refractivity contribution in [3.05, 3.63) is 59.4 Å². The van der Waals surface area contributed by atoms with E-state index in [-0.39, 0.29) is 11.0 Å². The largest absolute Gasteiger partial charge is 0.344 e. The minimum atomic E-state index is 0.0994. The maximum absolute atomic E-state index is 2.66. The predicted octanol–water partition coefficient (Wildman–Crippen LogP) is 5.73. The first kappa shape index (κ1) is 18.3. The third-order valence-electron chi connectivity index (χ3n) is 5.38. The van der Waals surface area contributed by atoms with Gasteiger partial charge >= 0.3 is 0 Å². The molecule has 2 nitrogen and oxygen atoms in total. The monoisotopic (exact) mass is 338 g/mol.